The second-order valence-corrected chi connectivity index (χ2v) is 21.6. The summed E-state index contributed by atoms with van der Waals surface area (Å²) in [5.74, 6) is 0. The number of rotatable bonds is 10. The molecule has 0 N–H and O–H groups in total. The highest BCUT2D eigenvalue weighted by Gasteiger charge is 2.30. The number of aromatic nitrogens is 1. The van der Waals surface area contributed by atoms with E-state index in [1.54, 1.807) is 0 Å². The highest BCUT2D eigenvalue weighted by Crippen LogP contribution is 2.52. The third-order valence-corrected chi connectivity index (χ3v) is 14.6. The van der Waals surface area contributed by atoms with E-state index >= 15 is 0 Å². The van der Waals surface area contributed by atoms with Gasteiger partial charge in [-0.3, -0.25) is 0 Å². The molecule has 0 spiro atoms. The van der Waals surface area contributed by atoms with Crippen molar-refractivity contribution in [2.24, 2.45) is 0 Å². The molecule has 71 heavy (non-hydrogen) atoms. The van der Waals surface area contributed by atoms with E-state index in [0.29, 0.717) is 5.02 Å². The van der Waals surface area contributed by atoms with E-state index in [1.165, 1.54) is 22.4 Å². The lowest BCUT2D eigenvalue weighted by Crippen LogP contribution is -2.17. The van der Waals surface area contributed by atoms with E-state index in [9.17, 15) is 0 Å². The quantitative estimate of drug-likeness (QED) is 0.137. The maximum atomic E-state index is 8.17. The molecule has 0 unspecified atom stereocenters. The van der Waals surface area contributed by atoms with E-state index in [1.807, 2.05) is 6.07 Å². The molecule has 2 aromatic heterocycles. The topological polar surface area (TPSA) is 27.8 Å². The zero-order valence-electron chi connectivity index (χ0n) is 41.9. The zero-order chi connectivity index (χ0) is 49.0. The summed E-state index contributed by atoms with van der Waals surface area (Å²) in [6, 6.07) is 67.6. The van der Waals surface area contributed by atoms with Gasteiger partial charge in [0.1, 0.15) is 5.58 Å². The average Bonchev–Trinajstić information content (AvgIpc) is 3.96. The zero-order valence-corrected chi connectivity index (χ0v) is 42.6. The van der Waals surface area contributed by atoms with Crippen molar-refractivity contribution in [1.29, 1.82) is 0 Å². The fourth-order valence-electron chi connectivity index (χ4n) is 10.5. The molecule has 354 valence electrons. The van der Waals surface area contributed by atoms with E-state index < -0.39 is 0 Å². The van der Waals surface area contributed by atoms with Gasteiger partial charge in [0, 0.05) is 56.8 Å². The minimum atomic E-state index is 0.0169. The molecule has 10 aromatic rings. The molecule has 0 bridgehead atoms. The van der Waals surface area contributed by atoms with Gasteiger partial charge in [-0.1, -0.05) is 150 Å². The summed E-state index contributed by atoms with van der Waals surface area (Å²) >= 11 is 8.17. The predicted octanol–water partition coefficient (Wildman–Crippen LogP) is 19.2. The lowest BCUT2D eigenvalue weighted by molar-refractivity contribution is 0.590. The Kier molecular flexibility index (Phi) is 11.9. The minimum absolute atomic E-state index is 0.0169. The van der Waals surface area contributed by atoms with Crippen molar-refractivity contribution in [3.8, 4) is 5.69 Å². The Morgan fingerprint density at radius 3 is 1.61 bits per heavy atom. The Hall–Kier alpha value is -7.47. The highest BCUT2D eigenvalue weighted by molar-refractivity contribution is 6.37. The summed E-state index contributed by atoms with van der Waals surface area (Å²) in [7, 11) is 0. The van der Waals surface area contributed by atoms with Crippen molar-refractivity contribution >= 4 is 84.7 Å². The Morgan fingerprint density at radius 2 is 0.972 bits per heavy atom. The van der Waals surface area contributed by atoms with Crippen LogP contribution in [0.3, 0.4) is 0 Å². The third-order valence-electron chi connectivity index (χ3n) is 14.2. The van der Waals surface area contributed by atoms with Crippen LogP contribution in [0.2, 0.25) is 5.02 Å². The van der Waals surface area contributed by atoms with Gasteiger partial charge < -0.3 is 23.7 Å². The Labute approximate surface area is 424 Å². The SMILES string of the molecule is Cc1cc(N(c2ccccc2)c2cn(-c3ccccc3)c3c2CCCC3)c(Cl)c(N(c2cccc(N(c3ccc(C(C)(C)C)cc3)c3ccc(C(C)(C)C)cc3)c2)c2cccc3c2oc2ccccc23)c1. The first-order valence-electron chi connectivity index (χ1n) is 25.1. The van der Waals surface area contributed by atoms with Gasteiger partial charge in [0.15, 0.2) is 5.58 Å². The highest BCUT2D eigenvalue weighted by atomic mass is 35.5. The van der Waals surface area contributed by atoms with Crippen LogP contribution in [0.4, 0.5) is 51.2 Å². The van der Waals surface area contributed by atoms with Crippen LogP contribution in [-0.4, -0.2) is 4.57 Å². The Bertz CT molecular complexity index is 3460. The molecule has 6 heteroatoms. The molecule has 11 rings (SSSR count). The first kappa shape index (κ1) is 45.9. The number of fused-ring (bicyclic) bond motifs is 4. The van der Waals surface area contributed by atoms with E-state index in [4.69, 9.17) is 16.0 Å². The molecule has 0 saturated heterocycles. The van der Waals surface area contributed by atoms with Gasteiger partial charge in [0.25, 0.3) is 0 Å². The molecule has 0 fully saturated rings. The van der Waals surface area contributed by atoms with E-state index in [0.717, 1.165) is 110 Å². The largest absolute Gasteiger partial charge is 0.454 e. The summed E-state index contributed by atoms with van der Waals surface area (Å²) in [6.45, 7) is 15.8. The molecule has 1 aliphatic rings. The van der Waals surface area contributed by atoms with Gasteiger partial charge in [-0.25, -0.2) is 0 Å². The summed E-state index contributed by atoms with van der Waals surface area (Å²) in [5, 5.41) is 2.74. The Morgan fingerprint density at radius 1 is 0.465 bits per heavy atom. The van der Waals surface area contributed by atoms with Crippen LogP contribution in [0.5, 0.6) is 0 Å². The molecule has 0 saturated carbocycles. The number of nitrogens with zero attached hydrogens (tertiary/aromatic N) is 4. The third kappa shape index (κ3) is 8.67. The summed E-state index contributed by atoms with van der Waals surface area (Å²) in [5.41, 5.74) is 18.1. The van der Waals surface area contributed by atoms with E-state index in [-0.39, 0.29) is 10.8 Å². The van der Waals surface area contributed by atoms with Gasteiger partial charge in [0.05, 0.1) is 27.8 Å². The molecule has 0 amide bonds. The van der Waals surface area contributed by atoms with Crippen LogP contribution >= 0.6 is 11.6 Å². The Balaban J connectivity index is 1.14. The first-order valence-corrected chi connectivity index (χ1v) is 25.5. The van der Waals surface area contributed by atoms with Crippen molar-refractivity contribution in [2.75, 3.05) is 14.7 Å². The molecule has 0 atom stereocenters. The predicted molar refractivity (Wildman–Crippen MR) is 301 cm³/mol. The number of hydrogen-bond donors (Lipinski definition) is 0. The van der Waals surface area contributed by atoms with Gasteiger partial charge in [0.2, 0.25) is 0 Å². The molecule has 8 aromatic carbocycles. The average molecular weight is 950 g/mol. The molecule has 1 aliphatic carbocycles. The summed E-state index contributed by atoms with van der Waals surface area (Å²) in [4.78, 5) is 7.07. The smallest absolute Gasteiger partial charge is 0.159 e. The number of furan rings is 1. The molecular formula is C65H61ClN4O. The van der Waals surface area contributed by atoms with Crippen LogP contribution in [0.1, 0.15) is 82.3 Å². The molecule has 5 nitrogen and oxygen atoms in total. The first-order chi connectivity index (χ1) is 34.3. The van der Waals surface area contributed by atoms with Crippen LogP contribution in [0, 0.1) is 6.92 Å². The number of benzene rings is 8. The monoisotopic (exact) mass is 948 g/mol. The van der Waals surface area contributed by atoms with Crippen LogP contribution in [0.25, 0.3) is 27.6 Å². The number of aryl methyl sites for hydroxylation is 1. The van der Waals surface area contributed by atoms with Gasteiger partial charge in [-0.05, 0) is 157 Å². The van der Waals surface area contributed by atoms with Crippen molar-refractivity contribution in [3.63, 3.8) is 0 Å². The van der Waals surface area contributed by atoms with Crippen molar-refractivity contribution in [1.82, 2.24) is 4.57 Å². The van der Waals surface area contributed by atoms with Gasteiger partial charge in [-0.2, -0.15) is 0 Å². The number of hydrogen-bond acceptors (Lipinski definition) is 4. The maximum Gasteiger partial charge on any atom is 0.159 e. The van der Waals surface area contributed by atoms with Gasteiger partial charge in [-0.15, -0.1) is 0 Å². The molecule has 0 radical (unpaired) electrons. The number of halogens is 1. The second kappa shape index (κ2) is 18.4. The summed E-state index contributed by atoms with van der Waals surface area (Å²) < 4.78 is 9.29. The fourth-order valence-corrected chi connectivity index (χ4v) is 10.8. The van der Waals surface area contributed by atoms with Crippen molar-refractivity contribution in [2.45, 2.75) is 85.0 Å². The molecule has 2 heterocycles. The molecular weight excluding hydrogens is 888 g/mol. The normalized spacial score (nSPS) is 12.8. The number of para-hydroxylation sites is 4. The summed E-state index contributed by atoms with van der Waals surface area (Å²) in [6.07, 6.45) is 6.64. The fraction of sp³-hybridized carbons (Fsp3) is 0.200. The number of anilines is 9. The van der Waals surface area contributed by atoms with Crippen LogP contribution in [0.15, 0.2) is 199 Å². The van der Waals surface area contributed by atoms with Crippen LogP contribution in [-0.2, 0) is 23.7 Å². The lowest BCUT2D eigenvalue weighted by atomic mass is 9.86. The van der Waals surface area contributed by atoms with E-state index in [2.05, 4.69) is 256 Å². The minimum Gasteiger partial charge on any atom is -0.454 e. The standard InChI is InChI=1S/C65H61ClN4O/c1-44-40-58(69(48-22-12-9-13-23-48)60-43-67(47-20-10-8-11-21-47)56-29-16-14-27-55(56)60)62(66)59(41-44)70(57-30-19-28-54-53-26-15-17-31-61(53)71-63(54)57)52-25-18-24-51(42-52)68(49-36-32-45(33-37-49)64(2,3)4)50-38-34-46(35-39-50)65(5,6)7/h8-13,15,17-26,28,30-43H,14,16,27,29H2,1-7H3. The maximum absolute atomic E-state index is 8.17. The van der Waals surface area contributed by atoms with Crippen molar-refractivity contribution < 1.29 is 4.42 Å². The molecule has 0 aliphatic heterocycles. The second-order valence-electron chi connectivity index (χ2n) is 21.2. The van der Waals surface area contributed by atoms with Crippen molar-refractivity contribution in [3.05, 3.63) is 227 Å². The van der Waals surface area contributed by atoms with Gasteiger partial charge >= 0.3 is 0 Å². The lowest BCUT2D eigenvalue weighted by Gasteiger charge is -2.33. The van der Waals surface area contributed by atoms with Crippen LogP contribution < -0.4 is 14.7 Å².